The third-order valence-corrected chi connectivity index (χ3v) is 3.93. The van der Waals surface area contributed by atoms with Gasteiger partial charge in [0.05, 0.1) is 17.5 Å². The van der Waals surface area contributed by atoms with Crippen molar-refractivity contribution in [3.63, 3.8) is 0 Å². The summed E-state index contributed by atoms with van der Waals surface area (Å²) >= 11 is 5.25. The van der Waals surface area contributed by atoms with E-state index in [0.29, 0.717) is 29.7 Å². The highest BCUT2D eigenvalue weighted by Crippen LogP contribution is 2.07. The summed E-state index contributed by atoms with van der Waals surface area (Å²) in [6, 6.07) is 7.31. The van der Waals surface area contributed by atoms with E-state index in [-0.39, 0.29) is 18.1 Å². The van der Waals surface area contributed by atoms with Crippen molar-refractivity contribution < 1.29 is 9.90 Å². The van der Waals surface area contributed by atoms with Gasteiger partial charge >= 0.3 is 0 Å². The van der Waals surface area contributed by atoms with Gasteiger partial charge in [0.1, 0.15) is 0 Å². The maximum absolute atomic E-state index is 12.4. The van der Waals surface area contributed by atoms with Crippen LogP contribution in [0.25, 0.3) is 10.9 Å². The number of aliphatic hydroxyl groups is 1. The molecule has 0 aliphatic heterocycles. The van der Waals surface area contributed by atoms with Crippen molar-refractivity contribution >= 4 is 29.0 Å². The van der Waals surface area contributed by atoms with Crippen LogP contribution in [0.4, 0.5) is 0 Å². The van der Waals surface area contributed by atoms with E-state index in [2.05, 4.69) is 10.3 Å². The first kappa shape index (κ1) is 17.4. The molecule has 0 saturated heterocycles. The number of aromatic amines is 1. The highest BCUT2D eigenvalue weighted by atomic mass is 32.1. The minimum Gasteiger partial charge on any atom is -0.395 e. The number of fused-ring (bicyclic) bond motifs is 1. The Morgan fingerprint density at radius 2 is 2.04 bits per heavy atom. The monoisotopic (exact) mass is 335 g/mol. The second-order valence-electron chi connectivity index (χ2n) is 5.32. The number of nitrogens with one attached hydrogen (secondary N) is 2. The average molecular weight is 335 g/mol. The third-order valence-electron chi connectivity index (χ3n) is 3.61. The molecular weight excluding hydrogens is 314 g/mol. The summed E-state index contributed by atoms with van der Waals surface area (Å²) in [7, 11) is 0. The molecule has 2 aromatic rings. The van der Waals surface area contributed by atoms with Crippen LogP contribution in [-0.4, -0.2) is 33.7 Å². The normalized spacial score (nSPS) is 10.8. The zero-order valence-corrected chi connectivity index (χ0v) is 13.7. The van der Waals surface area contributed by atoms with Crippen molar-refractivity contribution in [2.45, 2.75) is 32.2 Å². The van der Waals surface area contributed by atoms with Crippen molar-refractivity contribution in [2.24, 2.45) is 0 Å². The number of amides is 1. The molecule has 0 atom stereocenters. The minimum absolute atomic E-state index is 0.0469. The van der Waals surface area contributed by atoms with Gasteiger partial charge in [-0.2, -0.15) is 0 Å². The van der Waals surface area contributed by atoms with Crippen LogP contribution in [0.1, 0.15) is 25.7 Å². The van der Waals surface area contributed by atoms with E-state index in [1.807, 2.05) is 18.2 Å². The Kier molecular flexibility index (Phi) is 6.49. The number of aliphatic hydroxyl groups excluding tert-OH is 1. The van der Waals surface area contributed by atoms with E-state index in [1.165, 1.54) is 0 Å². The molecule has 0 bridgehead atoms. The number of aromatic nitrogens is 2. The Morgan fingerprint density at radius 1 is 1.26 bits per heavy atom. The summed E-state index contributed by atoms with van der Waals surface area (Å²) < 4.78 is 2.00. The van der Waals surface area contributed by atoms with Gasteiger partial charge < -0.3 is 15.4 Å². The Morgan fingerprint density at radius 3 is 2.83 bits per heavy atom. The van der Waals surface area contributed by atoms with E-state index in [0.717, 1.165) is 24.8 Å². The fourth-order valence-corrected chi connectivity index (χ4v) is 2.70. The zero-order chi connectivity index (χ0) is 16.7. The standard InChI is InChI=1S/C16H21N3O3S/c20-11-9-17-14(21)8-2-1-5-10-19-15(22)12-6-3-4-7-13(12)18-16(19)23/h3-4,6-7,20H,1-2,5,8-11H2,(H,17,21)(H,18,23). The van der Waals surface area contributed by atoms with E-state index < -0.39 is 0 Å². The molecule has 0 saturated carbocycles. The highest BCUT2D eigenvalue weighted by molar-refractivity contribution is 7.71. The fourth-order valence-electron chi connectivity index (χ4n) is 2.42. The highest BCUT2D eigenvalue weighted by Gasteiger charge is 2.05. The molecule has 0 aliphatic rings. The van der Waals surface area contributed by atoms with Crippen LogP contribution >= 0.6 is 12.2 Å². The van der Waals surface area contributed by atoms with Gasteiger partial charge in [0.2, 0.25) is 5.91 Å². The molecular formula is C16H21N3O3S. The summed E-state index contributed by atoms with van der Waals surface area (Å²) in [6.45, 7) is 0.784. The number of carbonyl (C=O) groups excluding carboxylic acids is 1. The Bertz CT molecular complexity index is 782. The second kappa shape index (κ2) is 8.59. The van der Waals surface area contributed by atoms with Gasteiger partial charge in [-0.1, -0.05) is 18.6 Å². The molecule has 0 radical (unpaired) electrons. The van der Waals surface area contributed by atoms with Crippen molar-refractivity contribution in [3.05, 3.63) is 39.4 Å². The van der Waals surface area contributed by atoms with Crippen molar-refractivity contribution in [3.8, 4) is 0 Å². The summed E-state index contributed by atoms with van der Waals surface area (Å²) in [5.74, 6) is -0.0563. The van der Waals surface area contributed by atoms with E-state index in [1.54, 1.807) is 10.6 Å². The van der Waals surface area contributed by atoms with Gasteiger partial charge in [-0.05, 0) is 37.2 Å². The molecule has 1 heterocycles. The molecule has 2 rings (SSSR count). The number of rotatable bonds is 8. The van der Waals surface area contributed by atoms with Gasteiger partial charge in [-0.15, -0.1) is 0 Å². The van der Waals surface area contributed by atoms with Crippen LogP contribution in [0.3, 0.4) is 0 Å². The van der Waals surface area contributed by atoms with E-state index >= 15 is 0 Å². The van der Waals surface area contributed by atoms with Gasteiger partial charge in [0.15, 0.2) is 4.77 Å². The van der Waals surface area contributed by atoms with Crippen LogP contribution in [-0.2, 0) is 11.3 Å². The molecule has 0 unspecified atom stereocenters. The number of nitrogens with zero attached hydrogens (tertiary/aromatic N) is 1. The molecule has 1 aromatic heterocycles. The number of H-pyrrole nitrogens is 1. The third kappa shape index (κ3) is 4.74. The van der Waals surface area contributed by atoms with Crippen LogP contribution in [0, 0.1) is 4.77 Å². The van der Waals surface area contributed by atoms with Crippen LogP contribution < -0.4 is 10.9 Å². The summed E-state index contributed by atoms with van der Waals surface area (Å²) in [5, 5.41) is 11.9. The van der Waals surface area contributed by atoms with Crippen LogP contribution in [0.5, 0.6) is 0 Å². The Hall–Kier alpha value is -1.99. The lowest BCUT2D eigenvalue weighted by atomic mass is 10.2. The quantitative estimate of drug-likeness (QED) is 0.506. The van der Waals surface area contributed by atoms with Gasteiger partial charge in [-0.3, -0.25) is 14.2 Å². The first-order valence-electron chi connectivity index (χ1n) is 7.73. The number of para-hydroxylation sites is 1. The zero-order valence-electron chi connectivity index (χ0n) is 12.9. The van der Waals surface area contributed by atoms with Gasteiger partial charge in [0.25, 0.3) is 5.56 Å². The largest absolute Gasteiger partial charge is 0.395 e. The fraction of sp³-hybridized carbons (Fsp3) is 0.438. The molecule has 0 spiro atoms. The number of hydrogen-bond acceptors (Lipinski definition) is 4. The maximum atomic E-state index is 12.4. The number of hydrogen-bond donors (Lipinski definition) is 3. The van der Waals surface area contributed by atoms with Crippen molar-refractivity contribution in [1.29, 1.82) is 0 Å². The summed E-state index contributed by atoms with van der Waals surface area (Å²) in [6.07, 6.45) is 2.79. The van der Waals surface area contributed by atoms with Gasteiger partial charge in [-0.25, -0.2) is 0 Å². The molecule has 23 heavy (non-hydrogen) atoms. The van der Waals surface area contributed by atoms with Crippen LogP contribution in [0.2, 0.25) is 0 Å². The number of unbranched alkanes of at least 4 members (excludes halogenated alkanes) is 2. The lowest BCUT2D eigenvalue weighted by Crippen LogP contribution is -2.26. The SMILES string of the molecule is O=C(CCCCCn1c(=S)[nH]c2ccccc2c1=O)NCCO. The summed E-state index contributed by atoms with van der Waals surface area (Å²) in [5.41, 5.74) is 0.671. The molecule has 1 aromatic carbocycles. The van der Waals surface area contributed by atoms with Crippen molar-refractivity contribution in [1.82, 2.24) is 14.9 Å². The first-order valence-corrected chi connectivity index (χ1v) is 8.13. The van der Waals surface area contributed by atoms with E-state index in [9.17, 15) is 9.59 Å². The predicted molar refractivity (Wildman–Crippen MR) is 92.0 cm³/mol. The van der Waals surface area contributed by atoms with E-state index in [4.69, 9.17) is 17.3 Å². The molecule has 0 aliphatic carbocycles. The molecule has 124 valence electrons. The number of carbonyl (C=O) groups is 1. The lowest BCUT2D eigenvalue weighted by Gasteiger charge is -2.08. The molecule has 3 N–H and O–H groups in total. The molecule has 6 nitrogen and oxygen atoms in total. The lowest BCUT2D eigenvalue weighted by molar-refractivity contribution is -0.121. The van der Waals surface area contributed by atoms with Gasteiger partial charge in [0, 0.05) is 19.5 Å². The smallest absolute Gasteiger partial charge is 0.262 e. The Balaban J connectivity index is 1.89. The molecule has 1 amide bonds. The molecule has 7 heteroatoms. The second-order valence-corrected chi connectivity index (χ2v) is 5.70. The van der Waals surface area contributed by atoms with Crippen molar-refractivity contribution in [2.75, 3.05) is 13.2 Å². The average Bonchev–Trinajstić information content (AvgIpc) is 2.55. The number of benzene rings is 1. The Labute approximate surface area is 139 Å². The maximum Gasteiger partial charge on any atom is 0.262 e. The first-order chi connectivity index (χ1) is 11.1. The van der Waals surface area contributed by atoms with Crippen LogP contribution in [0.15, 0.2) is 29.1 Å². The summed E-state index contributed by atoms with van der Waals surface area (Å²) in [4.78, 5) is 26.9. The predicted octanol–water partition coefficient (Wildman–Crippen LogP) is 1.73. The minimum atomic E-state index is -0.0787. The molecule has 0 fully saturated rings. The topological polar surface area (TPSA) is 87.1 Å².